The zero-order chi connectivity index (χ0) is 25.9. The maximum absolute atomic E-state index is 12.9. The highest BCUT2D eigenvalue weighted by Crippen LogP contribution is 2.30. The lowest BCUT2D eigenvalue weighted by molar-refractivity contribution is -0.248. The van der Waals surface area contributed by atoms with Gasteiger partial charge in [0.25, 0.3) is 30.4 Å². The van der Waals surface area contributed by atoms with E-state index in [0.717, 1.165) is 13.4 Å². The molecule has 18 heteroatoms. The fraction of sp³-hybridized carbons (Fsp3) is 0.625. The Morgan fingerprint density at radius 3 is 1.82 bits per heavy atom. The highest BCUT2D eigenvalue weighted by Gasteiger charge is 2.52. The first-order valence-electron chi connectivity index (χ1n) is 9.28. The molecule has 1 fully saturated rings. The summed E-state index contributed by atoms with van der Waals surface area (Å²) in [7, 11) is -15.9. The quantitative estimate of drug-likeness (QED) is 0.300. The highest BCUT2D eigenvalue weighted by molar-refractivity contribution is 7.89. The van der Waals surface area contributed by atoms with Crippen LogP contribution in [0.2, 0.25) is 0 Å². The number of methoxy groups -OCH3 is 1. The predicted octanol–water partition coefficient (Wildman–Crippen LogP) is -1.63. The summed E-state index contributed by atoms with van der Waals surface area (Å²) < 4.78 is 124. The van der Waals surface area contributed by atoms with E-state index in [1.54, 1.807) is 6.07 Å². The maximum atomic E-state index is 12.9. The minimum Gasteiger partial charge on any atom is -0.354 e. The minimum absolute atomic E-state index is 0.203. The lowest BCUT2D eigenvalue weighted by Gasteiger charge is -2.44. The van der Waals surface area contributed by atoms with Crippen molar-refractivity contribution in [1.29, 1.82) is 0 Å². The zero-order valence-corrected chi connectivity index (χ0v) is 21.7. The van der Waals surface area contributed by atoms with Crippen molar-refractivity contribution in [3.8, 4) is 0 Å². The number of hydrogen-bond donors (Lipinski definition) is 1. The smallest absolute Gasteiger partial charge is 0.264 e. The van der Waals surface area contributed by atoms with Crippen LogP contribution in [-0.2, 0) is 62.4 Å². The topological polar surface area (TPSA) is 195 Å². The van der Waals surface area contributed by atoms with Gasteiger partial charge in [-0.25, -0.2) is 13.1 Å². The monoisotopic (exact) mass is 567 g/mol. The summed E-state index contributed by atoms with van der Waals surface area (Å²) >= 11 is 0. The maximum Gasteiger partial charge on any atom is 0.264 e. The summed E-state index contributed by atoms with van der Waals surface area (Å²) in [6, 6.07) is 5.31. The van der Waals surface area contributed by atoms with E-state index in [4.69, 9.17) is 17.8 Å². The van der Waals surface area contributed by atoms with E-state index in [0.29, 0.717) is 12.5 Å². The number of hydrogen-bond acceptors (Lipinski definition) is 13. The summed E-state index contributed by atoms with van der Waals surface area (Å²) in [6.07, 6.45) is -4.87. The lowest BCUT2D eigenvalue weighted by Crippen LogP contribution is -2.66. The van der Waals surface area contributed by atoms with Crippen molar-refractivity contribution in [2.75, 3.05) is 32.5 Å². The van der Waals surface area contributed by atoms with Crippen molar-refractivity contribution in [1.82, 2.24) is 4.72 Å². The predicted molar refractivity (Wildman–Crippen MR) is 116 cm³/mol. The van der Waals surface area contributed by atoms with E-state index in [1.807, 2.05) is 0 Å². The summed E-state index contributed by atoms with van der Waals surface area (Å²) in [5.74, 6) is 0. The molecule has 1 aromatic rings. The Morgan fingerprint density at radius 1 is 0.824 bits per heavy atom. The van der Waals surface area contributed by atoms with Gasteiger partial charge in [-0.1, -0.05) is 18.2 Å². The van der Waals surface area contributed by atoms with E-state index in [2.05, 4.69) is 8.91 Å². The Hall–Kier alpha value is -1.22. The van der Waals surface area contributed by atoms with Crippen LogP contribution in [-0.4, -0.2) is 96.8 Å². The van der Waals surface area contributed by atoms with E-state index >= 15 is 0 Å². The van der Waals surface area contributed by atoms with Gasteiger partial charge < -0.3 is 9.47 Å². The molecular formula is C16H25NO13S4. The van der Waals surface area contributed by atoms with Crippen LogP contribution in [0, 0.1) is 0 Å². The van der Waals surface area contributed by atoms with E-state index < -0.39 is 77.6 Å². The number of sulfonamides is 1. The molecule has 0 bridgehead atoms. The van der Waals surface area contributed by atoms with Crippen LogP contribution < -0.4 is 4.72 Å². The number of benzene rings is 1. The van der Waals surface area contributed by atoms with Gasteiger partial charge in [0.05, 0.1) is 30.3 Å². The molecule has 1 aliphatic rings. The van der Waals surface area contributed by atoms with Crippen LogP contribution in [0.25, 0.3) is 0 Å². The molecule has 1 N–H and O–H groups in total. The molecular weight excluding hydrogens is 542 g/mol. The van der Waals surface area contributed by atoms with Gasteiger partial charge in [0.1, 0.15) is 24.4 Å². The molecule has 0 spiro atoms. The van der Waals surface area contributed by atoms with Crippen molar-refractivity contribution in [3.63, 3.8) is 0 Å². The van der Waals surface area contributed by atoms with Gasteiger partial charge in [-0.15, -0.1) is 0 Å². The van der Waals surface area contributed by atoms with Crippen LogP contribution >= 0.6 is 0 Å². The van der Waals surface area contributed by atoms with E-state index in [1.165, 1.54) is 24.3 Å². The first-order chi connectivity index (χ1) is 15.4. The van der Waals surface area contributed by atoms with E-state index in [9.17, 15) is 33.7 Å². The molecule has 0 aromatic heterocycles. The molecule has 0 aliphatic carbocycles. The Bertz CT molecular complexity index is 1260. The van der Waals surface area contributed by atoms with Gasteiger partial charge in [0, 0.05) is 7.11 Å². The fourth-order valence-electron chi connectivity index (χ4n) is 3.04. The lowest BCUT2D eigenvalue weighted by atomic mass is 9.98. The van der Waals surface area contributed by atoms with Crippen molar-refractivity contribution < 1.29 is 55.7 Å². The first-order valence-corrected chi connectivity index (χ1v) is 16.2. The third kappa shape index (κ3) is 8.77. The van der Waals surface area contributed by atoms with Gasteiger partial charge in [-0.3, -0.25) is 12.5 Å². The van der Waals surface area contributed by atoms with Crippen LogP contribution in [0.4, 0.5) is 0 Å². The molecule has 1 aromatic carbocycles. The second-order valence-corrected chi connectivity index (χ2v) is 13.8. The second-order valence-electron chi connectivity index (χ2n) is 7.26. The SMILES string of the molecule is CO[C@@H]1O[C@@H](COS(C)(=O)=O)[C@@H](OS(C)(=O)=O)[C@@H](OS(C)(=O)=O)[C@H]1NS(=O)(=O)c1ccccc1. The highest BCUT2D eigenvalue weighted by atomic mass is 32.2. The molecule has 1 heterocycles. The first kappa shape index (κ1) is 29.0. The van der Waals surface area contributed by atoms with Crippen molar-refractivity contribution in [2.45, 2.75) is 35.5 Å². The number of nitrogens with one attached hydrogen (secondary N) is 1. The fourth-order valence-corrected chi connectivity index (χ4v) is 5.94. The zero-order valence-electron chi connectivity index (χ0n) is 18.4. The molecule has 196 valence electrons. The van der Waals surface area contributed by atoms with Crippen LogP contribution in [0.5, 0.6) is 0 Å². The van der Waals surface area contributed by atoms with Gasteiger partial charge in [-0.05, 0) is 12.1 Å². The summed E-state index contributed by atoms with van der Waals surface area (Å²) in [4.78, 5) is -0.203. The third-order valence-electron chi connectivity index (χ3n) is 4.24. The van der Waals surface area contributed by atoms with Gasteiger partial charge in [0.2, 0.25) is 10.0 Å². The second kappa shape index (κ2) is 10.8. The number of rotatable bonds is 11. The summed E-state index contributed by atoms with van der Waals surface area (Å²) in [5.41, 5.74) is 0. The Kier molecular flexibility index (Phi) is 9.22. The Labute approximate surface area is 198 Å². The standard InChI is InChI=1S/C16H25NO13S4/c1-26-16-13(17-34(24,25)11-8-6-5-7-9-11)15(30-33(4,22)23)14(29-32(3,20)21)12(28-16)10-27-31(2,18)19/h5-9,12-17H,10H2,1-4H3/t12-,13+,14+,15-,16+/m0/s1. The summed E-state index contributed by atoms with van der Waals surface area (Å²) in [6.45, 7) is -0.819. The Morgan fingerprint density at radius 2 is 1.35 bits per heavy atom. The van der Waals surface area contributed by atoms with Crippen molar-refractivity contribution in [2.24, 2.45) is 0 Å². The largest absolute Gasteiger partial charge is 0.354 e. The van der Waals surface area contributed by atoms with Crippen LogP contribution in [0.15, 0.2) is 35.2 Å². The third-order valence-corrected chi connectivity index (χ3v) is 7.42. The van der Waals surface area contributed by atoms with Crippen molar-refractivity contribution in [3.05, 3.63) is 30.3 Å². The minimum atomic E-state index is -4.34. The normalized spacial score (nSPS) is 26.9. The molecule has 0 amide bonds. The van der Waals surface area contributed by atoms with Crippen LogP contribution in [0.3, 0.4) is 0 Å². The molecule has 34 heavy (non-hydrogen) atoms. The van der Waals surface area contributed by atoms with Crippen molar-refractivity contribution >= 4 is 40.4 Å². The Balaban J connectivity index is 2.57. The molecule has 5 atom stereocenters. The summed E-state index contributed by atoms with van der Waals surface area (Å²) in [5, 5.41) is 0. The molecule has 14 nitrogen and oxygen atoms in total. The molecule has 1 aliphatic heterocycles. The molecule has 0 unspecified atom stereocenters. The number of ether oxygens (including phenoxy) is 2. The van der Waals surface area contributed by atoms with Gasteiger partial charge >= 0.3 is 0 Å². The molecule has 0 saturated carbocycles. The molecule has 1 saturated heterocycles. The van der Waals surface area contributed by atoms with Crippen LogP contribution in [0.1, 0.15) is 0 Å². The average molecular weight is 568 g/mol. The molecule has 2 rings (SSSR count). The van der Waals surface area contributed by atoms with Gasteiger partial charge in [-0.2, -0.15) is 25.3 Å². The average Bonchev–Trinajstić information content (AvgIpc) is 2.67. The van der Waals surface area contributed by atoms with E-state index in [-0.39, 0.29) is 4.90 Å². The van der Waals surface area contributed by atoms with Gasteiger partial charge in [0.15, 0.2) is 6.29 Å². The molecule has 0 radical (unpaired) electrons.